The lowest BCUT2D eigenvalue weighted by Crippen LogP contribution is -2.48. The van der Waals surface area contributed by atoms with Gasteiger partial charge in [-0.3, -0.25) is 14.5 Å². The summed E-state index contributed by atoms with van der Waals surface area (Å²) in [5.41, 5.74) is 3.67. The molecule has 0 aliphatic carbocycles. The third kappa shape index (κ3) is 4.05. The van der Waals surface area contributed by atoms with Crippen molar-refractivity contribution >= 4 is 29.1 Å². The van der Waals surface area contributed by atoms with Gasteiger partial charge in [-0.05, 0) is 62.2 Å². The van der Waals surface area contributed by atoms with Crippen LogP contribution in [0.2, 0.25) is 5.02 Å². The lowest BCUT2D eigenvalue weighted by molar-refractivity contribution is -0.137. The summed E-state index contributed by atoms with van der Waals surface area (Å²) in [7, 11) is 0. The predicted molar refractivity (Wildman–Crippen MR) is 128 cm³/mol. The predicted octanol–water partition coefficient (Wildman–Crippen LogP) is 5.60. The molecule has 0 saturated carbocycles. The first-order valence-electron chi connectivity index (χ1n) is 11.1. The Hall–Kier alpha value is -3.05. The highest BCUT2D eigenvalue weighted by molar-refractivity contribution is 6.30. The summed E-state index contributed by atoms with van der Waals surface area (Å²) >= 11 is 6.33. The average molecular weight is 450 g/mol. The molecule has 166 valence electrons. The molecule has 0 saturated heterocycles. The maximum absolute atomic E-state index is 13.9. The second kappa shape index (κ2) is 9.21. The van der Waals surface area contributed by atoms with Crippen molar-refractivity contribution in [3.8, 4) is 5.69 Å². The number of fused-ring (bicyclic) bond motifs is 3. The van der Waals surface area contributed by atoms with Crippen molar-refractivity contribution < 1.29 is 9.59 Å². The zero-order chi connectivity index (χ0) is 22.8. The normalized spacial score (nSPS) is 14.8. The Kier molecular flexibility index (Phi) is 6.38. The smallest absolute Gasteiger partial charge is 0.247 e. The van der Waals surface area contributed by atoms with Crippen molar-refractivity contribution in [1.82, 2.24) is 9.47 Å². The second-order valence-electron chi connectivity index (χ2n) is 8.38. The van der Waals surface area contributed by atoms with Gasteiger partial charge in [-0.1, -0.05) is 42.8 Å². The highest BCUT2D eigenvalue weighted by Crippen LogP contribution is 2.42. The first kappa shape index (κ1) is 22.2. The van der Waals surface area contributed by atoms with E-state index >= 15 is 0 Å². The van der Waals surface area contributed by atoms with E-state index in [1.54, 1.807) is 4.90 Å². The van der Waals surface area contributed by atoms with Crippen molar-refractivity contribution in [2.75, 3.05) is 11.4 Å². The molecule has 5 nitrogen and oxygen atoms in total. The fourth-order valence-electron chi connectivity index (χ4n) is 4.39. The maximum Gasteiger partial charge on any atom is 0.247 e. The van der Waals surface area contributed by atoms with Crippen molar-refractivity contribution in [3.63, 3.8) is 0 Å². The molecule has 1 atom stereocenters. The third-order valence-electron chi connectivity index (χ3n) is 5.87. The molecule has 0 radical (unpaired) electrons. The molecule has 6 heteroatoms. The van der Waals surface area contributed by atoms with E-state index in [-0.39, 0.29) is 30.4 Å². The molecule has 2 heterocycles. The van der Waals surface area contributed by atoms with E-state index in [1.807, 2.05) is 92.5 Å². The zero-order valence-electron chi connectivity index (χ0n) is 18.7. The Labute approximate surface area is 194 Å². The summed E-state index contributed by atoms with van der Waals surface area (Å²) in [6.45, 7) is 5.90. The third-order valence-corrected chi connectivity index (χ3v) is 6.10. The molecule has 1 aliphatic rings. The van der Waals surface area contributed by atoms with Gasteiger partial charge >= 0.3 is 0 Å². The minimum atomic E-state index is -0.346. The van der Waals surface area contributed by atoms with Gasteiger partial charge in [-0.2, -0.15) is 0 Å². The lowest BCUT2D eigenvalue weighted by atomic mass is 9.97. The van der Waals surface area contributed by atoms with Crippen molar-refractivity contribution in [2.45, 2.75) is 45.7 Å². The van der Waals surface area contributed by atoms with Crippen LogP contribution in [0.15, 0.2) is 66.9 Å². The first-order valence-corrected chi connectivity index (χ1v) is 11.4. The summed E-state index contributed by atoms with van der Waals surface area (Å²) < 4.78 is 2.12. The molecule has 1 aromatic heterocycles. The Balaban J connectivity index is 1.82. The summed E-state index contributed by atoms with van der Waals surface area (Å²) in [4.78, 5) is 30.1. The molecular weight excluding hydrogens is 422 g/mol. The second-order valence-corrected chi connectivity index (χ2v) is 8.81. The van der Waals surface area contributed by atoms with Crippen LogP contribution in [0.4, 0.5) is 5.69 Å². The summed E-state index contributed by atoms with van der Waals surface area (Å²) in [6.07, 6.45) is 3.20. The monoisotopic (exact) mass is 449 g/mol. The quantitative estimate of drug-likeness (QED) is 0.491. The van der Waals surface area contributed by atoms with Crippen molar-refractivity contribution in [2.24, 2.45) is 0 Å². The molecule has 2 aromatic carbocycles. The molecule has 32 heavy (non-hydrogen) atoms. The van der Waals surface area contributed by atoms with Crippen LogP contribution in [0.25, 0.3) is 5.69 Å². The molecule has 0 N–H and O–H groups in total. The van der Waals surface area contributed by atoms with E-state index in [0.717, 1.165) is 29.1 Å². The van der Waals surface area contributed by atoms with E-state index in [1.165, 1.54) is 0 Å². The van der Waals surface area contributed by atoms with Gasteiger partial charge in [0.15, 0.2) is 0 Å². The van der Waals surface area contributed by atoms with Crippen LogP contribution in [0, 0.1) is 0 Å². The highest BCUT2D eigenvalue weighted by Gasteiger charge is 2.37. The van der Waals surface area contributed by atoms with Gasteiger partial charge in [0.05, 0.1) is 17.1 Å². The Morgan fingerprint density at radius 2 is 1.78 bits per heavy atom. The van der Waals surface area contributed by atoms with Crippen LogP contribution in [-0.2, 0) is 9.59 Å². The number of anilines is 1. The van der Waals surface area contributed by atoms with E-state index in [0.29, 0.717) is 11.4 Å². The number of benzene rings is 2. The standard InChI is InChI=1S/C26H28ClN3O2/c1-4-9-24(31)29(18(2)3)17-25(32)30-22-13-6-5-12-21(22)28-15-8-14-23(28)26(30)19-10-7-11-20(27)16-19/h5-8,10-16,18,26H,4,9,17H2,1-3H3. The van der Waals surface area contributed by atoms with E-state index in [2.05, 4.69) is 4.57 Å². The SMILES string of the molecule is CCCC(=O)N(CC(=O)N1c2ccccc2-n2cccc2C1c1cccc(Cl)c1)C(C)C. The maximum atomic E-state index is 13.9. The molecule has 2 amide bonds. The molecule has 0 bridgehead atoms. The van der Waals surface area contributed by atoms with E-state index in [9.17, 15) is 9.59 Å². The Morgan fingerprint density at radius 3 is 2.47 bits per heavy atom. The largest absolute Gasteiger partial charge is 0.331 e. The lowest BCUT2D eigenvalue weighted by Gasteiger charge is -2.40. The van der Waals surface area contributed by atoms with E-state index in [4.69, 9.17) is 11.6 Å². The number of halogens is 1. The molecule has 1 aliphatic heterocycles. The summed E-state index contributed by atoms with van der Waals surface area (Å²) in [6, 6.07) is 19.1. The molecule has 4 rings (SSSR count). The number of rotatable bonds is 6. The highest BCUT2D eigenvalue weighted by atomic mass is 35.5. The van der Waals surface area contributed by atoms with Gasteiger partial charge in [0, 0.05) is 23.7 Å². The topological polar surface area (TPSA) is 45.6 Å². The number of nitrogens with zero attached hydrogens (tertiary/aromatic N) is 3. The van der Waals surface area contributed by atoms with Crippen LogP contribution < -0.4 is 4.90 Å². The van der Waals surface area contributed by atoms with Crippen LogP contribution in [0.1, 0.15) is 50.9 Å². The number of carbonyl (C=O) groups excluding carboxylic acids is 2. The zero-order valence-corrected chi connectivity index (χ0v) is 19.4. The van der Waals surface area contributed by atoms with Gasteiger partial charge < -0.3 is 9.47 Å². The van der Waals surface area contributed by atoms with Crippen LogP contribution in [-0.4, -0.2) is 33.9 Å². The summed E-state index contributed by atoms with van der Waals surface area (Å²) in [5, 5.41) is 0.619. The van der Waals surface area contributed by atoms with Crippen LogP contribution in [0.3, 0.4) is 0 Å². The molecule has 0 spiro atoms. The minimum Gasteiger partial charge on any atom is -0.331 e. The Bertz CT molecular complexity index is 1140. The molecule has 1 unspecified atom stereocenters. The average Bonchev–Trinajstić information content (AvgIpc) is 3.26. The first-order chi connectivity index (χ1) is 15.4. The Morgan fingerprint density at radius 1 is 1.03 bits per heavy atom. The summed E-state index contributed by atoms with van der Waals surface area (Å²) in [5.74, 6) is -0.114. The fraction of sp³-hybridized carbons (Fsp3) is 0.308. The number of aromatic nitrogens is 1. The fourth-order valence-corrected chi connectivity index (χ4v) is 4.59. The molecule has 0 fully saturated rings. The molecular formula is C26H28ClN3O2. The van der Waals surface area contributed by atoms with Crippen LogP contribution in [0.5, 0.6) is 0 Å². The minimum absolute atomic E-state index is 0.00354. The van der Waals surface area contributed by atoms with Gasteiger partial charge in [-0.15, -0.1) is 0 Å². The van der Waals surface area contributed by atoms with E-state index < -0.39 is 0 Å². The van der Waals surface area contributed by atoms with Gasteiger partial charge in [0.25, 0.3) is 0 Å². The van der Waals surface area contributed by atoms with Gasteiger partial charge in [0.1, 0.15) is 12.6 Å². The number of amides is 2. The number of para-hydroxylation sites is 2. The number of hydrogen-bond donors (Lipinski definition) is 0. The van der Waals surface area contributed by atoms with Gasteiger partial charge in [0.2, 0.25) is 11.8 Å². The van der Waals surface area contributed by atoms with Crippen molar-refractivity contribution in [1.29, 1.82) is 0 Å². The van der Waals surface area contributed by atoms with Crippen molar-refractivity contribution in [3.05, 3.63) is 83.1 Å². The van der Waals surface area contributed by atoms with Gasteiger partial charge in [-0.25, -0.2) is 0 Å². The molecule has 3 aromatic rings. The number of hydrogen-bond acceptors (Lipinski definition) is 2. The van der Waals surface area contributed by atoms with Crippen LogP contribution >= 0.6 is 11.6 Å². The number of carbonyl (C=O) groups is 2.